The number of halogens is 2. The summed E-state index contributed by atoms with van der Waals surface area (Å²) >= 11 is 14.7. The Morgan fingerprint density at radius 2 is 1.56 bits per heavy atom. The van der Waals surface area contributed by atoms with Crippen molar-refractivity contribution in [3.8, 4) is 28.5 Å². The molecule has 14 heteroatoms. The fourth-order valence-corrected chi connectivity index (χ4v) is 6.34. The van der Waals surface area contributed by atoms with Gasteiger partial charge in [0.25, 0.3) is 11.8 Å². The maximum absolute atomic E-state index is 13.7. The molecular weight excluding hydrogens is 719 g/mol. The molecule has 50 heavy (non-hydrogen) atoms. The average Bonchev–Trinajstić information content (AvgIpc) is 3.60. The molecule has 0 saturated carbocycles. The van der Waals surface area contributed by atoms with Crippen LogP contribution >= 0.6 is 46.3 Å². The van der Waals surface area contributed by atoms with E-state index in [9.17, 15) is 14.4 Å². The van der Waals surface area contributed by atoms with Gasteiger partial charge < -0.3 is 30.2 Å². The molecule has 256 valence electrons. The van der Waals surface area contributed by atoms with E-state index in [2.05, 4.69) is 20.9 Å². The SMILES string of the molecule is COc1cc(OC)c(OC)cc1/C=C(/NC(=O)c1ccccc1)C(=O)Nc1cccc(SCC(=O)Nc2nc(-c3ccc(Cl)c(Cl)c3)cs2)c1. The van der Waals surface area contributed by atoms with E-state index in [0.29, 0.717) is 54.9 Å². The van der Waals surface area contributed by atoms with Gasteiger partial charge >= 0.3 is 0 Å². The van der Waals surface area contributed by atoms with Crippen LogP contribution in [0.1, 0.15) is 15.9 Å². The van der Waals surface area contributed by atoms with Crippen LogP contribution in [0.3, 0.4) is 0 Å². The summed E-state index contributed by atoms with van der Waals surface area (Å²) in [6.45, 7) is 0. The van der Waals surface area contributed by atoms with Crippen molar-refractivity contribution in [2.75, 3.05) is 37.7 Å². The van der Waals surface area contributed by atoms with Gasteiger partial charge in [-0.1, -0.05) is 53.5 Å². The standard InChI is InChI=1S/C36H30Cl2N4O6S2/c1-46-30-18-32(48-3)31(47-2)16-23(30)15-28(40-34(44)21-8-5-4-6-9-21)35(45)39-24-10-7-11-25(17-24)49-20-33(43)42-36-41-29(19-50-36)22-12-13-26(37)27(38)14-22/h4-19H,20H2,1-3H3,(H,39,45)(H,40,44)(H,41,42,43)/b28-15+. The van der Waals surface area contributed by atoms with Crippen molar-refractivity contribution in [2.45, 2.75) is 4.90 Å². The number of rotatable bonds is 13. The van der Waals surface area contributed by atoms with Crippen molar-refractivity contribution >= 4 is 80.9 Å². The number of aromatic nitrogens is 1. The summed E-state index contributed by atoms with van der Waals surface area (Å²) < 4.78 is 16.3. The van der Waals surface area contributed by atoms with Gasteiger partial charge in [0.2, 0.25) is 5.91 Å². The van der Waals surface area contributed by atoms with Crippen LogP contribution in [0.2, 0.25) is 10.0 Å². The van der Waals surface area contributed by atoms with E-state index in [0.717, 1.165) is 10.5 Å². The number of hydrogen-bond acceptors (Lipinski definition) is 9. The Bertz CT molecular complexity index is 2060. The second-order valence-corrected chi connectivity index (χ2v) is 13.0. The number of thioether (sulfide) groups is 1. The molecule has 0 aliphatic carbocycles. The fourth-order valence-electron chi connectivity index (χ4n) is 4.55. The van der Waals surface area contributed by atoms with E-state index in [-0.39, 0.29) is 17.4 Å². The van der Waals surface area contributed by atoms with E-state index in [4.69, 9.17) is 37.4 Å². The number of amides is 3. The molecule has 0 radical (unpaired) electrons. The van der Waals surface area contributed by atoms with Gasteiger partial charge in [0.1, 0.15) is 11.4 Å². The summed E-state index contributed by atoms with van der Waals surface area (Å²) in [6.07, 6.45) is 1.49. The number of thiazole rings is 1. The van der Waals surface area contributed by atoms with Gasteiger partial charge in [-0.2, -0.15) is 0 Å². The molecule has 0 fully saturated rings. The number of nitrogens with one attached hydrogen (secondary N) is 3. The van der Waals surface area contributed by atoms with Crippen LogP contribution in [-0.2, 0) is 9.59 Å². The number of carbonyl (C=O) groups is 3. The minimum absolute atomic E-state index is 0.0505. The van der Waals surface area contributed by atoms with Gasteiger partial charge in [0.15, 0.2) is 16.6 Å². The molecule has 1 heterocycles. The number of ether oxygens (including phenoxy) is 3. The number of methoxy groups -OCH3 is 3. The van der Waals surface area contributed by atoms with Crippen LogP contribution in [0.15, 0.2) is 101 Å². The Morgan fingerprint density at radius 3 is 2.28 bits per heavy atom. The Hall–Kier alpha value is -5.01. The minimum atomic E-state index is -0.590. The van der Waals surface area contributed by atoms with Crippen LogP contribution in [-0.4, -0.2) is 49.8 Å². The predicted molar refractivity (Wildman–Crippen MR) is 200 cm³/mol. The van der Waals surface area contributed by atoms with Crippen LogP contribution in [0, 0.1) is 0 Å². The van der Waals surface area contributed by atoms with Gasteiger partial charge in [-0.25, -0.2) is 4.98 Å². The first-order chi connectivity index (χ1) is 24.2. The summed E-state index contributed by atoms with van der Waals surface area (Å²) in [6, 6.07) is 24.0. The molecule has 1 aromatic heterocycles. The van der Waals surface area contributed by atoms with E-state index < -0.39 is 11.8 Å². The topological polar surface area (TPSA) is 128 Å². The van der Waals surface area contributed by atoms with E-state index >= 15 is 0 Å². The third-order valence-corrected chi connectivity index (χ3v) is 9.48. The number of hydrogen-bond donors (Lipinski definition) is 3. The highest BCUT2D eigenvalue weighted by Crippen LogP contribution is 2.36. The zero-order valence-electron chi connectivity index (χ0n) is 26.9. The lowest BCUT2D eigenvalue weighted by atomic mass is 10.1. The fraction of sp³-hybridized carbons (Fsp3) is 0.111. The number of carbonyl (C=O) groups excluding carboxylic acids is 3. The monoisotopic (exact) mass is 748 g/mol. The number of anilines is 2. The van der Waals surface area contributed by atoms with Gasteiger partial charge in [-0.05, 0) is 54.6 Å². The molecule has 3 amide bonds. The summed E-state index contributed by atoms with van der Waals surface area (Å²) in [5, 5.41) is 11.5. The van der Waals surface area contributed by atoms with Crippen molar-refractivity contribution in [1.82, 2.24) is 10.3 Å². The smallest absolute Gasteiger partial charge is 0.272 e. The van der Waals surface area contributed by atoms with Crippen molar-refractivity contribution in [2.24, 2.45) is 0 Å². The summed E-state index contributed by atoms with van der Waals surface area (Å²) in [4.78, 5) is 44.8. The molecule has 0 saturated heterocycles. The van der Waals surface area contributed by atoms with Gasteiger partial charge in [0.05, 0.1) is 42.8 Å². The quantitative estimate of drug-likeness (QED) is 0.0811. The lowest BCUT2D eigenvalue weighted by Gasteiger charge is -2.15. The molecule has 0 atom stereocenters. The second-order valence-electron chi connectivity index (χ2n) is 10.3. The molecule has 0 aliphatic rings. The third-order valence-electron chi connectivity index (χ3n) is 6.99. The van der Waals surface area contributed by atoms with Crippen LogP contribution in [0.4, 0.5) is 10.8 Å². The predicted octanol–water partition coefficient (Wildman–Crippen LogP) is 8.28. The van der Waals surface area contributed by atoms with Crippen molar-refractivity contribution in [3.63, 3.8) is 0 Å². The summed E-state index contributed by atoms with van der Waals surface area (Å²) in [7, 11) is 4.48. The average molecular weight is 750 g/mol. The summed E-state index contributed by atoms with van der Waals surface area (Å²) in [5.74, 6) is 0.00160. The Kier molecular flexibility index (Phi) is 12.4. The first-order valence-corrected chi connectivity index (χ1v) is 17.4. The second kappa shape index (κ2) is 17.1. The molecule has 3 N–H and O–H groups in total. The molecule has 5 rings (SSSR count). The Labute approximate surface area is 306 Å². The highest BCUT2D eigenvalue weighted by Gasteiger charge is 2.18. The molecule has 4 aromatic carbocycles. The Morgan fingerprint density at radius 1 is 0.820 bits per heavy atom. The molecule has 0 aliphatic heterocycles. The lowest BCUT2D eigenvalue weighted by molar-refractivity contribution is -0.114. The van der Waals surface area contributed by atoms with Crippen molar-refractivity contribution in [3.05, 3.63) is 117 Å². The highest BCUT2D eigenvalue weighted by molar-refractivity contribution is 8.00. The molecule has 5 aromatic rings. The maximum Gasteiger partial charge on any atom is 0.272 e. The van der Waals surface area contributed by atoms with E-state index in [1.54, 1.807) is 78.9 Å². The molecule has 10 nitrogen and oxygen atoms in total. The first-order valence-electron chi connectivity index (χ1n) is 14.8. The van der Waals surface area contributed by atoms with Gasteiger partial charge in [-0.3, -0.25) is 14.4 Å². The van der Waals surface area contributed by atoms with Gasteiger partial charge in [-0.15, -0.1) is 23.1 Å². The molecule has 0 spiro atoms. The molecule has 0 bridgehead atoms. The van der Waals surface area contributed by atoms with Crippen molar-refractivity contribution < 1.29 is 28.6 Å². The summed E-state index contributed by atoms with van der Waals surface area (Å²) in [5.41, 5.74) is 2.67. The Balaban J connectivity index is 1.29. The number of benzene rings is 4. The maximum atomic E-state index is 13.7. The lowest BCUT2D eigenvalue weighted by Crippen LogP contribution is -2.30. The van der Waals surface area contributed by atoms with E-state index in [1.807, 2.05) is 11.4 Å². The minimum Gasteiger partial charge on any atom is -0.496 e. The third kappa shape index (κ3) is 9.36. The first kappa shape index (κ1) is 36.3. The molecule has 0 unspecified atom stereocenters. The van der Waals surface area contributed by atoms with Gasteiger partial charge in [0, 0.05) is 38.7 Å². The van der Waals surface area contributed by atoms with E-state index in [1.165, 1.54) is 50.5 Å². The van der Waals surface area contributed by atoms with Crippen LogP contribution in [0.5, 0.6) is 17.2 Å². The molecular formula is C36H30Cl2N4O6S2. The van der Waals surface area contributed by atoms with Crippen molar-refractivity contribution in [1.29, 1.82) is 0 Å². The van der Waals surface area contributed by atoms with Crippen LogP contribution < -0.4 is 30.2 Å². The normalized spacial score (nSPS) is 11.0. The highest BCUT2D eigenvalue weighted by atomic mass is 35.5. The zero-order valence-corrected chi connectivity index (χ0v) is 30.1. The zero-order chi connectivity index (χ0) is 35.6. The largest absolute Gasteiger partial charge is 0.496 e. The van der Waals surface area contributed by atoms with Crippen LogP contribution in [0.25, 0.3) is 17.3 Å². The number of nitrogens with zero attached hydrogens (tertiary/aromatic N) is 1.